The number of nitrogens with zero attached hydrogens (tertiary/aromatic N) is 1. The van der Waals surface area contributed by atoms with Crippen LogP contribution in [0.15, 0.2) is 29.3 Å². The number of aryl methyl sites for hydroxylation is 1. The zero-order valence-electron chi connectivity index (χ0n) is 12.0. The predicted octanol–water partition coefficient (Wildman–Crippen LogP) is 2.71. The van der Waals surface area contributed by atoms with Crippen LogP contribution in [-0.2, 0) is 13.0 Å². The molecular weight excluding hydrogens is 222 g/mol. The van der Waals surface area contributed by atoms with Crippen molar-refractivity contribution < 1.29 is 0 Å². The molecule has 0 aliphatic heterocycles. The van der Waals surface area contributed by atoms with Gasteiger partial charge in [0.1, 0.15) is 0 Å². The van der Waals surface area contributed by atoms with Gasteiger partial charge >= 0.3 is 0 Å². The van der Waals surface area contributed by atoms with Crippen molar-refractivity contribution in [3.8, 4) is 0 Å². The third-order valence-electron chi connectivity index (χ3n) is 2.68. The van der Waals surface area contributed by atoms with Gasteiger partial charge in [0.05, 0.1) is 6.54 Å². The Morgan fingerprint density at radius 2 is 1.83 bits per heavy atom. The van der Waals surface area contributed by atoms with Crippen LogP contribution in [0.1, 0.15) is 38.8 Å². The average Bonchev–Trinajstić information content (AvgIpc) is 2.36. The largest absolute Gasteiger partial charge is 0.357 e. The molecule has 1 rings (SSSR count). The summed E-state index contributed by atoms with van der Waals surface area (Å²) in [6.07, 6.45) is 1.06. The minimum atomic E-state index is 0.393. The Hall–Kier alpha value is -1.51. The van der Waals surface area contributed by atoms with Gasteiger partial charge in [-0.25, -0.2) is 4.99 Å². The van der Waals surface area contributed by atoms with Gasteiger partial charge < -0.3 is 10.6 Å². The molecule has 3 nitrogen and oxygen atoms in total. The van der Waals surface area contributed by atoms with Crippen LogP contribution in [0.25, 0.3) is 0 Å². The lowest BCUT2D eigenvalue weighted by Crippen LogP contribution is -2.41. The fourth-order valence-corrected chi connectivity index (χ4v) is 1.81. The van der Waals surface area contributed by atoms with E-state index in [1.165, 1.54) is 11.1 Å². The van der Waals surface area contributed by atoms with Gasteiger partial charge in [-0.05, 0) is 38.3 Å². The Labute approximate surface area is 111 Å². The van der Waals surface area contributed by atoms with E-state index in [1.54, 1.807) is 0 Å². The summed E-state index contributed by atoms with van der Waals surface area (Å²) < 4.78 is 0. The standard InChI is InChI=1S/C15H25N3/c1-5-13-9-7-8-10-14(13)11-17-15(16-6-2)18-12(3)4/h7-10,12H,5-6,11H2,1-4H3,(H2,16,17,18). The van der Waals surface area contributed by atoms with Crippen LogP contribution in [0, 0.1) is 0 Å². The van der Waals surface area contributed by atoms with Crippen LogP contribution in [0.4, 0.5) is 0 Å². The van der Waals surface area contributed by atoms with Crippen molar-refractivity contribution >= 4 is 5.96 Å². The van der Waals surface area contributed by atoms with Crippen LogP contribution in [0.3, 0.4) is 0 Å². The van der Waals surface area contributed by atoms with E-state index in [4.69, 9.17) is 0 Å². The zero-order valence-corrected chi connectivity index (χ0v) is 12.0. The molecule has 0 aromatic heterocycles. The Kier molecular flexibility index (Phi) is 6.26. The summed E-state index contributed by atoms with van der Waals surface area (Å²) in [7, 11) is 0. The summed E-state index contributed by atoms with van der Waals surface area (Å²) in [5, 5.41) is 6.59. The fourth-order valence-electron chi connectivity index (χ4n) is 1.81. The van der Waals surface area contributed by atoms with Gasteiger partial charge in [0, 0.05) is 12.6 Å². The summed E-state index contributed by atoms with van der Waals surface area (Å²) in [4.78, 5) is 4.63. The van der Waals surface area contributed by atoms with Crippen molar-refractivity contribution in [3.63, 3.8) is 0 Å². The molecule has 1 aromatic rings. The maximum absolute atomic E-state index is 4.63. The van der Waals surface area contributed by atoms with Gasteiger partial charge in [0.15, 0.2) is 5.96 Å². The van der Waals surface area contributed by atoms with Crippen molar-refractivity contribution in [1.82, 2.24) is 10.6 Å². The van der Waals surface area contributed by atoms with Crippen LogP contribution in [-0.4, -0.2) is 18.5 Å². The molecule has 100 valence electrons. The molecule has 1 aromatic carbocycles. The minimum absolute atomic E-state index is 0.393. The number of hydrogen-bond donors (Lipinski definition) is 2. The number of rotatable bonds is 5. The average molecular weight is 247 g/mol. The maximum Gasteiger partial charge on any atom is 0.191 e. The van der Waals surface area contributed by atoms with Crippen LogP contribution < -0.4 is 10.6 Å². The van der Waals surface area contributed by atoms with E-state index in [0.29, 0.717) is 6.04 Å². The van der Waals surface area contributed by atoms with E-state index in [2.05, 4.69) is 67.6 Å². The van der Waals surface area contributed by atoms with Crippen molar-refractivity contribution in [1.29, 1.82) is 0 Å². The third-order valence-corrected chi connectivity index (χ3v) is 2.68. The second-order valence-electron chi connectivity index (χ2n) is 4.62. The first-order chi connectivity index (χ1) is 8.67. The summed E-state index contributed by atoms with van der Waals surface area (Å²) in [5.41, 5.74) is 2.68. The zero-order chi connectivity index (χ0) is 13.4. The molecule has 18 heavy (non-hydrogen) atoms. The van der Waals surface area contributed by atoms with Crippen LogP contribution in [0.5, 0.6) is 0 Å². The highest BCUT2D eigenvalue weighted by Crippen LogP contribution is 2.10. The van der Waals surface area contributed by atoms with Gasteiger partial charge in [-0.15, -0.1) is 0 Å². The Balaban J connectivity index is 2.74. The normalized spacial score (nSPS) is 11.7. The number of hydrogen-bond acceptors (Lipinski definition) is 1. The highest BCUT2D eigenvalue weighted by atomic mass is 15.2. The SMILES string of the molecule is CCNC(=NCc1ccccc1CC)NC(C)C. The summed E-state index contributed by atoms with van der Waals surface area (Å²) >= 11 is 0. The topological polar surface area (TPSA) is 36.4 Å². The van der Waals surface area contributed by atoms with Crippen molar-refractivity contribution in [3.05, 3.63) is 35.4 Å². The van der Waals surface area contributed by atoms with Crippen molar-refractivity contribution in [2.45, 2.75) is 46.7 Å². The summed E-state index contributed by atoms with van der Waals surface area (Å²) in [5.74, 6) is 0.887. The molecule has 0 radical (unpaired) electrons. The molecule has 0 amide bonds. The number of benzene rings is 1. The number of guanidine groups is 1. The molecule has 0 fully saturated rings. The van der Waals surface area contributed by atoms with E-state index in [0.717, 1.165) is 25.5 Å². The summed E-state index contributed by atoms with van der Waals surface area (Å²) in [6.45, 7) is 10.1. The lowest BCUT2D eigenvalue weighted by atomic mass is 10.1. The van der Waals surface area contributed by atoms with Gasteiger partial charge in [-0.3, -0.25) is 0 Å². The molecule has 0 unspecified atom stereocenters. The second-order valence-corrected chi connectivity index (χ2v) is 4.62. The molecular formula is C15H25N3. The maximum atomic E-state index is 4.63. The molecule has 0 saturated carbocycles. The van der Waals surface area contributed by atoms with Crippen LogP contribution >= 0.6 is 0 Å². The minimum Gasteiger partial charge on any atom is -0.357 e. The quantitative estimate of drug-likeness (QED) is 0.620. The number of nitrogens with one attached hydrogen (secondary N) is 2. The number of aliphatic imine (C=N–C) groups is 1. The fraction of sp³-hybridized carbons (Fsp3) is 0.533. The van der Waals surface area contributed by atoms with Crippen LogP contribution in [0.2, 0.25) is 0 Å². The first-order valence-electron chi connectivity index (χ1n) is 6.79. The molecule has 0 aliphatic rings. The molecule has 0 spiro atoms. The molecule has 2 N–H and O–H groups in total. The van der Waals surface area contributed by atoms with Gasteiger partial charge in [-0.2, -0.15) is 0 Å². The Bertz CT molecular complexity index is 383. The summed E-state index contributed by atoms with van der Waals surface area (Å²) in [6, 6.07) is 8.88. The van der Waals surface area contributed by atoms with E-state index in [9.17, 15) is 0 Å². The Morgan fingerprint density at radius 1 is 1.17 bits per heavy atom. The molecule has 0 saturated heterocycles. The second kappa shape index (κ2) is 7.75. The van der Waals surface area contributed by atoms with E-state index in [-0.39, 0.29) is 0 Å². The highest BCUT2D eigenvalue weighted by molar-refractivity contribution is 5.80. The lowest BCUT2D eigenvalue weighted by molar-refractivity contribution is 0.700. The molecule has 0 heterocycles. The predicted molar refractivity (Wildman–Crippen MR) is 78.9 cm³/mol. The van der Waals surface area contributed by atoms with E-state index in [1.807, 2.05) is 0 Å². The van der Waals surface area contributed by atoms with Gasteiger partial charge in [0.25, 0.3) is 0 Å². The van der Waals surface area contributed by atoms with Crippen molar-refractivity contribution in [2.75, 3.05) is 6.54 Å². The van der Waals surface area contributed by atoms with Gasteiger partial charge in [0.2, 0.25) is 0 Å². The van der Waals surface area contributed by atoms with E-state index < -0.39 is 0 Å². The smallest absolute Gasteiger partial charge is 0.191 e. The molecule has 0 aliphatic carbocycles. The van der Waals surface area contributed by atoms with Gasteiger partial charge in [-0.1, -0.05) is 31.2 Å². The lowest BCUT2D eigenvalue weighted by Gasteiger charge is -2.14. The first-order valence-corrected chi connectivity index (χ1v) is 6.79. The highest BCUT2D eigenvalue weighted by Gasteiger charge is 2.01. The molecule has 0 atom stereocenters. The third kappa shape index (κ3) is 4.78. The first kappa shape index (κ1) is 14.6. The molecule has 3 heteroatoms. The van der Waals surface area contributed by atoms with E-state index >= 15 is 0 Å². The Morgan fingerprint density at radius 3 is 2.39 bits per heavy atom. The monoisotopic (exact) mass is 247 g/mol. The molecule has 0 bridgehead atoms. The van der Waals surface area contributed by atoms with Crippen molar-refractivity contribution in [2.24, 2.45) is 4.99 Å².